The molecule has 1 aliphatic rings. The maximum absolute atomic E-state index is 10.9. The van der Waals surface area contributed by atoms with Crippen molar-refractivity contribution in [2.45, 2.75) is 18.9 Å². The SMILES string of the molecule is COC(=O)N1CCC1CCO. The van der Waals surface area contributed by atoms with E-state index >= 15 is 0 Å². The molecule has 11 heavy (non-hydrogen) atoms. The summed E-state index contributed by atoms with van der Waals surface area (Å²) in [5, 5.41) is 8.60. The Bertz CT molecular complexity index is 149. The first-order valence-electron chi connectivity index (χ1n) is 3.75. The molecule has 4 nitrogen and oxygen atoms in total. The summed E-state index contributed by atoms with van der Waals surface area (Å²) in [5.41, 5.74) is 0. The van der Waals surface area contributed by atoms with E-state index < -0.39 is 0 Å². The van der Waals surface area contributed by atoms with E-state index in [2.05, 4.69) is 4.74 Å². The van der Waals surface area contributed by atoms with Crippen LogP contribution < -0.4 is 0 Å². The van der Waals surface area contributed by atoms with Gasteiger partial charge in [-0.1, -0.05) is 0 Å². The Morgan fingerprint density at radius 3 is 2.91 bits per heavy atom. The van der Waals surface area contributed by atoms with Crippen LogP contribution in [-0.2, 0) is 4.74 Å². The van der Waals surface area contributed by atoms with Gasteiger partial charge in [0.2, 0.25) is 0 Å². The van der Waals surface area contributed by atoms with Gasteiger partial charge in [-0.05, 0) is 12.8 Å². The molecule has 1 N–H and O–H groups in total. The van der Waals surface area contributed by atoms with Crippen LogP contribution in [0, 0.1) is 0 Å². The standard InChI is InChI=1S/C7H13NO3/c1-11-7(10)8-4-2-6(8)3-5-9/h6,9H,2-5H2,1H3. The second kappa shape index (κ2) is 3.57. The zero-order valence-corrected chi connectivity index (χ0v) is 6.62. The van der Waals surface area contributed by atoms with E-state index in [0.29, 0.717) is 6.42 Å². The number of ether oxygens (including phenoxy) is 1. The highest BCUT2D eigenvalue weighted by atomic mass is 16.5. The summed E-state index contributed by atoms with van der Waals surface area (Å²) in [6, 6.07) is 0.201. The molecule has 4 heteroatoms. The van der Waals surface area contributed by atoms with E-state index in [1.165, 1.54) is 7.11 Å². The van der Waals surface area contributed by atoms with Gasteiger partial charge in [0.1, 0.15) is 0 Å². The molecule has 64 valence electrons. The number of carbonyl (C=O) groups excluding carboxylic acids is 1. The Labute approximate surface area is 65.8 Å². The number of aliphatic hydroxyl groups is 1. The lowest BCUT2D eigenvalue weighted by Gasteiger charge is -2.39. The fourth-order valence-corrected chi connectivity index (χ4v) is 1.25. The van der Waals surface area contributed by atoms with Crippen LogP contribution >= 0.6 is 0 Å². The zero-order chi connectivity index (χ0) is 8.27. The molecule has 0 aromatic rings. The van der Waals surface area contributed by atoms with Gasteiger partial charge in [-0.2, -0.15) is 0 Å². The normalized spacial score (nSPS) is 22.7. The molecule has 1 fully saturated rings. The molecule has 1 heterocycles. The Kier molecular flexibility index (Phi) is 2.70. The van der Waals surface area contributed by atoms with Gasteiger partial charge in [-0.15, -0.1) is 0 Å². The maximum Gasteiger partial charge on any atom is 0.409 e. The average molecular weight is 159 g/mol. The van der Waals surface area contributed by atoms with Gasteiger partial charge in [0.15, 0.2) is 0 Å². The second-order valence-corrected chi connectivity index (χ2v) is 2.62. The van der Waals surface area contributed by atoms with Crippen molar-refractivity contribution in [2.24, 2.45) is 0 Å². The van der Waals surface area contributed by atoms with Crippen molar-refractivity contribution in [1.29, 1.82) is 0 Å². The zero-order valence-electron chi connectivity index (χ0n) is 6.62. The van der Waals surface area contributed by atoms with Crippen molar-refractivity contribution in [2.75, 3.05) is 20.3 Å². The monoisotopic (exact) mass is 159 g/mol. The van der Waals surface area contributed by atoms with Gasteiger partial charge in [0, 0.05) is 19.2 Å². The topological polar surface area (TPSA) is 49.8 Å². The van der Waals surface area contributed by atoms with E-state index in [0.717, 1.165) is 13.0 Å². The van der Waals surface area contributed by atoms with Gasteiger partial charge in [-0.25, -0.2) is 4.79 Å². The Balaban J connectivity index is 2.30. The van der Waals surface area contributed by atoms with Gasteiger partial charge in [0.05, 0.1) is 7.11 Å². The Morgan fingerprint density at radius 2 is 2.55 bits per heavy atom. The Hall–Kier alpha value is -0.770. The first kappa shape index (κ1) is 8.33. The quantitative estimate of drug-likeness (QED) is 0.626. The first-order valence-corrected chi connectivity index (χ1v) is 3.75. The summed E-state index contributed by atoms with van der Waals surface area (Å²) in [4.78, 5) is 12.5. The lowest BCUT2D eigenvalue weighted by molar-refractivity contribution is 0.0506. The summed E-state index contributed by atoms with van der Waals surface area (Å²) >= 11 is 0. The number of rotatable bonds is 2. The molecule has 1 amide bonds. The first-order chi connectivity index (χ1) is 5.29. The van der Waals surface area contributed by atoms with Crippen LogP contribution in [-0.4, -0.2) is 42.4 Å². The van der Waals surface area contributed by atoms with E-state index in [1.54, 1.807) is 4.90 Å². The fourth-order valence-electron chi connectivity index (χ4n) is 1.25. The number of nitrogens with zero attached hydrogens (tertiary/aromatic N) is 1. The molecule has 1 aliphatic heterocycles. The third kappa shape index (κ3) is 1.63. The number of methoxy groups -OCH3 is 1. The van der Waals surface area contributed by atoms with E-state index in [-0.39, 0.29) is 18.7 Å². The van der Waals surface area contributed by atoms with Crippen LogP contribution in [0.2, 0.25) is 0 Å². The smallest absolute Gasteiger partial charge is 0.409 e. The van der Waals surface area contributed by atoms with Crippen LogP contribution in [0.1, 0.15) is 12.8 Å². The van der Waals surface area contributed by atoms with Crippen molar-refractivity contribution in [3.8, 4) is 0 Å². The molecule has 1 rings (SSSR count). The van der Waals surface area contributed by atoms with Crippen molar-refractivity contribution in [3.05, 3.63) is 0 Å². The Morgan fingerprint density at radius 1 is 1.82 bits per heavy atom. The molecule has 0 radical (unpaired) electrons. The molecule has 0 spiro atoms. The van der Waals surface area contributed by atoms with E-state index in [9.17, 15) is 4.79 Å². The third-order valence-electron chi connectivity index (χ3n) is 2.02. The lowest BCUT2D eigenvalue weighted by atomic mass is 10.0. The minimum Gasteiger partial charge on any atom is -0.453 e. The fraction of sp³-hybridized carbons (Fsp3) is 0.857. The van der Waals surface area contributed by atoms with Crippen molar-refractivity contribution < 1.29 is 14.6 Å². The molecule has 1 atom stereocenters. The molecular formula is C7H13NO3. The van der Waals surface area contributed by atoms with E-state index in [1.807, 2.05) is 0 Å². The summed E-state index contributed by atoms with van der Waals surface area (Å²) < 4.78 is 4.54. The third-order valence-corrected chi connectivity index (χ3v) is 2.02. The maximum atomic E-state index is 10.9. The minimum absolute atomic E-state index is 0.137. The summed E-state index contributed by atoms with van der Waals surface area (Å²) in [7, 11) is 1.37. The summed E-state index contributed by atoms with van der Waals surface area (Å²) in [6.07, 6.45) is 1.36. The number of carbonyl (C=O) groups is 1. The average Bonchev–Trinajstić information content (AvgIpc) is 1.98. The molecule has 0 saturated carbocycles. The van der Waals surface area contributed by atoms with Crippen molar-refractivity contribution >= 4 is 6.09 Å². The lowest BCUT2D eigenvalue weighted by Crippen LogP contribution is -2.51. The van der Waals surface area contributed by atoms with Crippen LogP contribution in [0.5, 0.6) is 0 Å². The van der Waals surface area contributed by atoms with Crippen molar-refractivity contribution in [3.63, 3.8) is 0 Å². The van der Waals surface area contributed by atoms with Crippen LogP contribution in [0.25, 0.3) is 0 Å². The van der Waals surface area contributed by atoms with Crippen LogP contribution in [0.4, 0.5) is 4.79 Å². The highest BCUT2D eigenvalue weighted by Gasteiger charge is 2.31. The molecule has 1 unspecified atom stereocenters. The van der Waals surface area contributed by atoms with Gasteiger partial charge < -0.3 is 14.7 Å². The molecule has 0 aliphatic carbocycles. The number of aliphatic hydroxyl groups excluding tert-OH is 1. The minimum atomic E-state index is -0.283. The second-order valence-electron chi connectivity index (χ2n) is 2.62. The van der Waals surface area contributed by atoms with Crippen molar-refractivity contribution in [1.82, 2.24) is 4.90 Å². The highest BCUT2D eigenvalue weighted by molar-refractivity contribution is 5.68. The van der Waals surface area contributed by atoms with Gasteiger partial charge in [-0.3, -0.25) is 0 Å². The molecular weight excluding hydrogens is 146 g/mol. The number of amides is 1. The largest absolute Gasteiger partial charge is 0.453 e. The van der Waals surface area contributed by atoms with E-state index in [4.69, 9.17) is 5.11 Å². The summed E-state index contributed by atoms with van der Waals surface area (Å²) in [5.74, 6) is 0. The van der Waals surface area contributed by atoms with Gasteiger partial charge in [0.25, 0.3) is 0 Å². The molecule has 0 aromatic carbocycles. The molecule has 1 saturated heterocycles. The molecule has 0 aromatic heterocycles. The predicted octanol–water partition coefficient (Wildman–Crippen LogP) is 0.210. The highest BCUT2D eigenvalue weighted by Crippen LogP contribution is 2.20. The number of likely N-dealkylation sites (tertiary alicyclic amines) is 1. The predicted molar refractivity (Wildman–Crippen MR) is 39.2 cm³/mol. The van der Waals surface area contributed by atoms with Gasteiger partial charge >= 0.3 is 6.09 Å². The summed E-state index contributed by atoms with van der Waals surface area (Å²) in [6.45, 7) is 0.898. The van der Waals surface area contributed by atoms with Crippen LogP contribution in [0.15, 0.2) is 0 Å². The number of hydrogen-bond donors (Lipinski definition) is 1. The molecule has 0 bridgehead atoms. The number of hydrogen-bond acceptors (Lipinski definition) is 3. The van der Waals surface area contributed by atoms with Crippen LogP contribution in [0.3, 0.4) is 0 Å².